The van der Waals surface area contributed by atoms with Crippen LogP contribution in [0.2, 0.25) is 0 Å². The van der Waals surface area contributed by atoms with Gasteiger partial charge in [0.25, 0.3) is 0 Å². The van der Waals surface area contributed by atoms with Crippen molar-refractivity contribution < 1.29 is 18.0 Å². The molecular weight excluding hydrogens is 383 g/mol. The van der Waals surface area contributed by atoms with E-state index in [9.17, 15) is 18.0 Å². The molecule has 150 valence electrons. The van der Waals surface area contributed by atoms with E-state index < -0.39 is 18.0 Å². The highest BCUT2D eigenvalue weighted by atomic mass is 19.4. The molecule has 1 atom stereocenters. The quantitative estimate of drug-likeness (QED) is 0.673. The Kier molecular flexibility index (Phi) is 5.04. The predicted molar refractivity (Wildman–Crippen MR) is 97.6 cm³/mol. The fourth-order valence-electron chi connectivity index (χ4n) is 3.60. The highest BCUT2D eigenvalue weighted by Gasteiger charge is 2.43. The number of fused-ring (bicyclic) bond motifs is 1. The number of carbonyl (C=O) groups excluding carboxylic acids is 1. The van der Waals surface area contributed by atoms with Gasteiger partial charge in [0.2, 0.25) is 11.7 Å². The van der Waals surface area contributed by atoms with Crippen LogP contribution in [0.3, 0.4) is 0 Å². The van der Waals surface area contributed by atoms with Gasteiger partial charge in [-0.05, 0) is 23.6 Å². The zero-order chi connectivity index (χ0) is 20.4. The zero-order valence-corrected chi connectivity index (χ0v) is 15.4. The van der Waals surface area contributed by atoms with Crippen LogP contribution in [0.5, 0.6) is 0 Å². The SMILES string of the molecule is O=C(CCc1cccnc1)N1CCn2c(nnc2C(F)(F)F)C1c1ccccc1. The summed E-state index contributed by atoms with van der Waals surface area (Å²) in [6.45, 7) is 0.151. The van der Waals surface area contributed by atoms with Crippen LogP contribution in [-0.4, -0.2) is 37.1 Å². The summed E-state index contributed by atoms with van der Waals surface area (Å²) in [5, 5.41) is 7.19. The molecule has 29 heavy (non-hydrogen) atoms. The van der Waals surface area contributed by atoms with Crippen molar-refractivity contribution in [1.29, 1.82) is 0 Å². The molecule has 1 unspecified atom stereocenters. The summed E-state index contributed by atoms with van der Waals surface area (Å²) in [6.07, 6.45) is -0.504. The van der Waals surface area contributed by atoms with Crippen LogP contribution in [0.25, 0.3) is 0 Å². The van der Waals surface area contributed by atoms with E-state index in [1.54, 1.807) is 47.6 Å². The van der Waals surface area contributed by atoms with E-state index in [2.05, 4.69) is 15.2 Å². The number of nitrogens with zero attached hydrogens (tertiary/aromatic N) is 5. The van der Waals surface area contributed by atoms with Gasteiger partial charge in [0, 0.05) is 31.9 Å². The van der Waals surface area contributed by atoms with Crippen LogP contribution >= 0.6 is 0 Å². The second-order valence-electron chi connectivity index (χ2n) is 6.79. The van der Waals surface area contributed by atoms with Gasteiger partial charge in [-0.2, -0.15) is 13.2 Å². The largest absolute Gasteiger partial charge is 0.451 e. The van der Waals surface area contributed by atoms with Gasteiger partial charge in [-0.3, -0.25) is 9.78 Å². The Bertz CT molecular complexity index is 988. The normalized spacial score (nSPS) is 16.5. The molecule has 9 heteroatoms. The molecule has 2 aromatic heterocycles. The highest BCUT2D eigenvalue weighted by Crippen LogP contribution is 2.36. The number of halogens is 3. The summed E-state index contributed by atoms with van der Waals surface area (Å²) < 4.78 is 41.0. The predicted octanol–water partition coefficient (Wildman–Crippen LogP) is 3.26. The molecule has 1 aliphatic heterocycles. The van der Waals surface area contributed by atoms with Gasteiger partial charge in [0.15, 0.2) is 5.82 Å². The number of amides is 1. The minimum Gasteiger partial charge on any atom is -0.327 e. The van der Waals surface area contributed by atoms with Crippen molar-refractivity contribution in [1.82, 2.24) is 24.6 Å². The first-order chi connectivity index (χ1) is 13.9. The molecule has 0 fully saturated rings. The molecular formula is C20H18F3N5O. The van der Waals surface area contributed by atoms with Crippen LogP contribution in [0.4, 0.5) is 13.2 Å². The van der Waals surface area contributed by atoms with Crippen LogP contribution in [0.15, 0.2) is 54.9 Å². The average molecular weight is 401 g/mol. The van der Waals surface area contributed by atoms with Gasteiger partial charge >= 0.3 is 6.18 Å². The van der Waals surface area contributed by atoms with Crippen molar-refractivity contribution in [3.8, 4) is 0 Å². The maximum absolute atomic E-state index is 13.3. The van der Waals surface area contributed by atoms with E-state index in [4.69, 9.17) is 0 Å². The van der Waals surface area contributed by atoms with Crippen LogP contribution < -0.4 is 0 Å². The molecule has 0 N–H and O–H groups in total. The van der Waals surface area contributed by atoms with Gasteiger partial charge < -0.3 is 9.47 Å². The molecule has 0 aliphatic carbocycles. The maximum atomic E-state index is 13.3. The van der Waals surface area contributed by atoms with Crippen molar-refractivity contribution >= 4 is 5.91 Å². The Hall–Kier alpha value is -3.23. The third-order valence-corrected chi connectivity index (χ3v) is 4.94. The topological polar surface area (TPSA) is 63.9 Å². The smallest absolute Gasteiger partial charge is 0.327 e. The molecule has 0 saturated carbocycles. The molecule has 3 heterocycles. The summed E-state index contributed by atoms with van der Waals surface area (Å²) >= 11 is 0. The van der Waals surface area contributed by atoms with Crippen molar-refractivity contribution in [3.05, 3.63) is 77.6 Å². The second-order valence-corrected chi connectivity index (χ2v) is 6.79. The van der Waals surface area contributed by atoms with Crippen molar-refractivity contribution in [2.45, 2.75) is 31.6 Å². The standard InChI is InChI=1S/C20H18F3N5O/c21-20(22,23)19-26-25-18-17(15-6-2-1-3-7-15)27(11-12-28(18)19)16(29)9-8-14-5-4-10-24-13-14/h1-7,10,13,17H,8-9,11-12H2. The Labute approximate surface area is 165 Å². The molecule has 4 rings (SSSR count). The number of alkyl halides is 3. The number of rotatable bonds is 4. The lowest BCUT2D eigenvalue weighted by molar-refractivity contribution is -0.148. The van der Waals surface area contributed by atoms with Gasteiger partial charge in [0.05, 0.1) is 0 Å². The summed E-state index contributed by atoms with van der Waals surface area (Å²) in [5.41, 5.74) is 1.63. The van der Waals surface area contributed by atoms with Crippen molar-refractivity contribution in [3.63, 3.8) is 0 Å². The molecule has 0 spiro atoms. The summed E-state index contributed by atoms with van der Waals surface area (Å²) in [6, 6.07) is 11.9. The van der Waals surface area contributed by atoms with Crippen molar-refractivity contribution in [2.24, 2.45) is 0 Å². The number of hydrogen-bond donors (Lipinski definition) is 0. The Morgan fingerprint density at radius 3 is 2.55 bits per heavy atom. The van der Waals surface area contributed by atoms with E-state index >= 15 is 0 Å². The van der Waals surface area contributed by atoms with Gasteiger partial charge in [-0.1, -0.05) is 36.4 Å². The van der Waals surface area contributed by atoms with E-state index in [1.165, 1.54) is 0 Å². The van der Waals surface area contributed by atoms with Gasteiger partial charge in [0.1, 0.15) is 6.04 Å². The van der Waals surface area contributed by atoms with Crippen LogP contribution in [0, 0.1) is 0 Å². The summed E-state index contributed by atoms with van der Waals surface area (Å²) in [4.78, 5) is 18.6. The number of carbonyl (C=O) groups is 1. The van der Waals surface area contributed by atoms with E-state index in [0.29, 0.717) is 12.0 Å². The molecule has 1 aliphatic rings. The average Bonchev–Trinajstić information content (AvgIpc) is 3.17. The first-order valence-electron chi connectivity index (χ1n) is 9.19. The fraction of sp³-hybridized carbons (Fsp3) is 0.300. The minimum atomic E-state index is -4.60. The third-order valence-electron chi connectivity index (χ3n) is 4.94. The third kappa shape index (κ3) is 3.85. The van der Waals surface area contributed by atoms with E-state index in [0.717, 1.165) is 10.1 Å². The summed E-state index contributed by atoms with van der Waals surface area (Å²) in [7, 11) is 0. The number of pyridine rings is 1. The lowest BCUT2D eigenvalue weighted by Crippen LogP contribution is -2.43. The van der Waals surface area contributed by atoms with Crippen LogP contribution in [-0.2, 0) is 23.9 Å². The van der Waals surface area contributed by atoms with E-state index in [-0.39, 0.29) is 31.2 Å². The Morgan fingerprint density at radius 2 is 1.86 bits per heavy atom. The van der Waals surface area contributed by atoms with Gasteiger partial charge in [-0.25, -0.2) is 0 Å². The lowest BCUT2D eigenvalue weighted by Gasteiger charge is -2.36. The molecule has 0 bridgehead atoms. The number of benzene rings is 1. The second kappa shape index (κ2) is 7.65. The Balaban J connectivity index is 1.65. The number of hydrogen-bond acceptors (Lipinski definition) is 4. The lowest BCUT2D eigenvalue weighted by atomic mass is 10.0. The first-order valence-corrected chi connectivity index (χ1v) is 9.19. The summed E-state index contributed by atoms with van der Waals surface area (Å²) in [5.74, 6) is -1.05. The fourth-order valence-corrected chi connectivity index (χ4v) is 3.60. The highest BCUT2D eigenvalue weighted by molar-refractivity contribution is 5.77. The monoisotopic (exact) mass is 401 g/mol. The molecule has 0 radical (unpaired) electrons. The zero-order valence-electron chi connectivity index (χ0n) is 15.4. The molecule has 6 nitrogen and oxygen atoms in total. The van der Waals surface area contributed by atoms with Crippen LogP contribution in [0.1, 0.15) is 35.2 Å². The molecule has 1 aromatic carbocycles. The van der Waals surface area contributed by atoms with Gasteiger partial charge in [-0.15, -0.1) is 10.2 Å². The maximum Gasteiger partial charge on any atom is 0.451 e. The number of aromatic nitrogens is 4. The molecule has 3 aromatic rings. The molecule has 0 saturated heterocycles. The minimum absolute atomic E-state index is 0.000850. The first kappa shape index (κ1) is 19.1. The number of aryl methyl sites for hydroxylation is 1. The van der Waals surface area contributed by atoms with E-state index in [1.807, 2.05) is 12.1 Å². The molecule has 1 amide bonds. The van der Waals surface area contributed by atoms with Crippen molar-refractivity contribution in [2.75, 3.05) is 6.54 Å². The Morgan fingerprint density at radius 1 is 1.07 bits per heavy atom.